The highest BCUT2D eigenvalue weighted by Gasteiger charge is 2.16. The zero-order valence-corrected chi connectivity index (χ0v) is 12.1. The summed E-state index contributed by atoms with van der Waals surface area (Å²) >= 11 is 1.25. The van der Waals surface area contributed by atoms with Crippen LogP contribution >= 0.6 is 11.3 Å². The van der Waals surface area contributed by atoms with Gasteiger partial charge in [0.25, 0.3) is 0 Å². The maximum atomic E-state index is 14.2. The van der Waals surface area contributed by atoms with Crippen LogP contribution < -0.4 is 4.74 Å². The highest BCUT2D eigenvalue weighted by molar-refractivity contribution is 7.14. The van der Waals surface area contributed by atoms with Crippen molar-refractivity contribution in [1.82, 2.24) is 0 Å². The largest absolute Gasteiger partial charge is 0.451 e. The Morgan fingerprint density at radius 3 is 2.32 bits per heavy atom. The predicted octanol–water partition coefficient (Wildman–Crippen LogP) is 5.30. The summed E-state index contributed by atoms with van der Waals surface area (Å²) in [5.74, 6) is -1.75. The number of hydrogen-bond donors (Lipinski definition) is 0. The summed E-state index contributed by atoms with van der Waals surface area (Å²) in [5, 5.41) is 1.70. The molecule has 0 fully saturated rings. The molecule has 5 heteroatoms. The minimum Gasteiger partial charge on any atom is -0.451 e. The number of rotatable bonds is 4. The molecule has 0 bridgehead atoms. The van der Waals surface area contributed by atoms with E-state index in [2.05, 4.69) is 0 Å². The lowest BCUT2D eigenvalue weighted by Crippen LogP contribution is -1.94. The lowest BCUT2D eigenvalue weighted by atomic mass is 10.1. The fourth-order valence-electron chi connectivity index (χ4n) is 2.04. The van der Waals surface area contributed by atoms with E-state index in [-0.39, 0.29) is 0 Å². The van der Waals surface area contributed by atoms with Crippen molar-refractivity contribution in [3.8, 4) is 21.9 Å². The van der Waals surface area contributed by atoms with Gasteiger partial charge in [0.1, 0.15) is 5.75 Å². The first-order valence-corrected chi connectivity index (χ1v) is 7.32. The van der Waals surface area contributed by atoms with Crippen LogP contribution in [0.3, 0.4) is 0 Å². The maximum absolute atomic E-state index is 14.2. The molecule has 0 unspecified atom stereocenters. The number of halogens is 2. The zero-order valence-electron chi connectivity index (χ0n) is 11.3. The fraction of sp³-hybridized carbons (Fsp3) is 0. The zero-order chi connectivity index (χ0) is 15.5. The van der Waals surface area contributed by atoms with Gasteiger partial charge in [-0.25, -0.2) is 8.78 Å². The molecular formula is C17H10F2O2S. The number of aldehydes is 1. The summed E-state index contributed by atoms with van der Waals surface area (Å²) in [6, 6.07) is 12.4. The lowest BCUT2D eigenvalue weighted by molar-refractivity contribution is 0.112. The van der Waals surface area contributed by atoms with Crippen molar-refractivity contribution in [2.45, 2.75) is 0 Å². The predicted molar refractivity (Wildman–Crippen MR) is 81.6 cm³/mol. The summed E-state index contributed by atoms with van der Waals surface area (Å²) in [6.07, 6.45) is 0.663. The third-order valence-corrected chi connectivity index (χ3v) is 4.03. The third kappa shape index (κ3) is 2.76. The minimum atomic E-state index is -0.816. The van der Waals surface area contributed by atoms with Crippen LogP contribution in [0.5, 0.6) is 11.5 Å². The first kappa shape index (κ1) is 14.4. The van der Waals surface area contributed by atoms with E-state index in [1.807, 2.05) is 0 Å². The van der Waals surface area contributed by atoms with E-state index in [4.69, 9.17) is 4.74 Å². The van der Waals surface area contributed by atoms with Crippen LogP contribution in [-0.4, -0.2) is 6.29 Å². The van der Waals surface area contributed by atoms with Gasteiger partial charge < -0.3 is 4.74 Å². The van der Waals surface area contributed by atoms with Crippen LogP contribution in [0, 0.1) is 11.6 Å². The van der Waals surface area contributed by atoms with E-state index >= 15 is 0 Å². The van der Waals surface area contributed by atoms with Gasteiger partial charge in [0.15, 0.2) is 23.7 Å². The summed E-state index contributed by atoms with van der Waals surface area (Å²) in [6.45, 7) is 0. The van der Waals surface area contributed by atoms with Crippen molar-refractivity contribution >= 4 is 17.6 Å². The van der Waals surface area contributed by atoms with Gasteiger partial charge in [-0.1, -0.05) is 18.2 Å². The molecule has 22 heavy (non-hydrogen) atoms. The number of ether oxygens (including phenoxy) is 1. The molecular weight excluding hydrogens is 306 g/mol. The van der Waals surface area contributed by atoms with Crippen molar-refractivity contribution < 1.29 is 18.3 Å². The molecule has 3 rings (SSSR count). The highest BCUT2D eigenvalue weighted by Crippen LogP contribution is 2.35. The Balaban J connectivity index is 2.00. The van der Waals surface area contributed by atoms with Crippen LogP contribution in [-0.2, 0) is 0 Å². The van der Waals surface area contributed by atoms with Gasteiger partial charge in [-0.15, -0.1) is 11.3 Å². The van der Waals surface area contributed by atoms with Crippen LogP contribution in [0.1, 0.15) is 10.4 Å². The lowest BCUT2D eigenvalue weighted by Gasteiger charge is -2.09. The Morgan fingerprint density at radius 2 is 1.68 bits per heavy atom. The monoisotopic (exact) mass is 316 g/mol. The van der Waals surface area contributed by atoms with Crippen molar-refractivity contribution in [1.29, 1.82) is 0 Å². The van der Waals surface area contributed by atoms with Gasteiger partial charge >= 0.3 is 0 Å². The number of thiophene rings is 1. The van der Waals surface area contributed by atoms with Gasteiger partial charge in [0, 0.05) is 10.4 Å². The van der Waals surface area contributed by atoms with Gasteiger partial charge in [-0.2, -0.15) is 0 Å². The van der Waals surface area contributed by atoms with Crippen LogP contribution in [0.25, 0.3) is 10.4 Å². The second kappa shape index (κ2) is 6.07. The Morgan fingerprint density at radius 1 is 1.00 bits per heavy atom. The van der Waals surface area contributed by atoms with Gasteiger partial charge in [-0.3, -0.25) is 4.79 Å². The summed E-state index contributed by atoms with van der Waals surface area (Å²) in [4.78, 5) is 11.5. The van der Waals surface area contributed by atoms with Crippen LogP contribution in [0.15, 0.2) is 53.9 Å². The highest BCUT2D eigenvalue weighted by atomic mass is 32.1. The van der Waals surface area contributed by atoms with Crippen molar-refractivity contribution in [2.24, 2.45) is 0 Å². The maximum Gasteiger partial charge on any atom is 0.198 e. The molecule has 2 nitrogen and oxygen atoms in total. The number of benzene rings is 2. The first-order valence-electron chi connectivity index (χ1n) is 6.44. The normalized spacial score (nSPS) is 10.5. The average molecular weight is 316 g/mol. The molecule has 0 saturated heterocycles. The summed E-state index contributed by atoms with van der Waals surface area (Å²) in [5.41, 5.74) is 0.716. The van der Waals surface area contributed by atoms with Gasteiger partial charge in [0.2, 0.25) is 0 Å². The molecule has 0 amide bonds. The van der Waals surface area contributed by atoms with E-state index in [9.17, 15) is 13.6 Å². The second-order valence-corrected chi connectivity index (χ2v) is 5.42. The Bertz CT molecular complexity index is 790. The van der Waals surface area contributed by atoms with Gasteiger partial charge in [0.05, 0.1) is 0 Å². The SMILES string of the molecule is O=Cc1ccsc1-c1cc(F)c(Oc2ccccc2)c(F)c1. The van der Waals surface area contributed by atoms with E-state index in [1.54, 1.807) is 41.8 Å². The van der Waals surface area contributed by atoms with Gasteiger partial charge in [-0.05, 0) is 41.3 Å². The van der Waals surface area contributed by atoms with E-state index in [0.717, 1.165) is 0 Å². The molecule has 0 atom stereocenters. The molecule has 1 heterocycles. The molecule has 0 saturated carbocycles. The van der Waals surface area contributed by atoms with E-state index < -0.39 is 17.4 Å². The molecule has 0 aliphatic heterocycles. The smallest absolute Gasteiger partial charge is 0.198 e. The minimum absolute atomic E-state index is 0.313. The Labute approximate surface area is 129 Å². The molecule has 3 aromatic rings. The van der Waals surface area contributed by atoms with Crippen molar-refractivity contribution in [3.63, 3.8) is 0 Å². The van der Waals surface area contributed by atoms with Crippen LogP contribution in [0.4, 0.5) is 8.78 Å². The molecule has 1 aromatic heterocycles. The number of hydrogen-bond acceptors (Lipinski definition) is 3. The molecule has 0 N–H and O–H groups in total. The second-order valence-electron chi connectivity index (χ2n) is 4.51. The Kier molecular flexibility index (Phi) is 3.98. The summed E-state index contributed by atoms with van der Waals surface area (Å²) < 4.78 is 33.6. The first-order chi connectivity index (χ1) is 10.7. The average Bonchev–Trinajstić information content (AvgIpc) is 3.00. The number of carbonyl (C=O) groups is 1. The topological polar surface area (TPSA) is 26.3 Å². The third-order valence-electron chi connectivity index (χ3n) is 3.05. The van der Waals surface area contributed by atoms with Crippen LogP contribution in [0.2, 0.25) is 0 Å². The summed E-state index contributed by atoms with van der Waals surface area (Å²) in [7, 11) is 0. The molecule has 110 valence electrons. The fourth-order valence-corrected chi connectivity index (χ4v) is 2.90. The van der Waals surface area contributed by atoms with E-state index in [1.165, 1.54) is 23.5 Å². The molecule has 2 aromatic carbocycles. The van der Waals surface area contributed by atoms with Crippen molar-refractivity contribution in [3.05, 3.63) is 71.1 Å². The molecule has 0 aliphatic rings. The molecule has 0 aliphatic carbocycles. The standard InChI is InChI=1S/C17H10F2O2S/c18-14-8-12(17-11(10-20)6-7-22-17)9-15(19)16(14)21-13-4-2-1-3-5-13/h1-10H. The Hall–Kier alpha value is -2.53. The van der Waals surface area contributed by atoms with Crippen molar-refractivity contribution in [2.75, 3.05) is 0 Å². The number of carbonyl (C=O) groups excluding carboxylic acids is 1. The quantitative estimate of drug-likeness (QED) is 0.611. The van der Waals surface area contributed by atoms with E-state index in [0.29, 0.717) is 28.0 Å². The number of para-hydroxylation sites is 1. The molecule has 0 spiro atoms. The molecule has 0 radical (unpaired) electrons.